The molecule has 1 aromatic heterocycles. The van der Waals surface area contributed by atoms with Crippen LogP contribution in [-0.2, 0) is 11.2 Å². The van der Waals surface area contributed by atoms with Crippen LogP contribution in [0.1, 0.15) is 15.9 Å². The second kappa shape index (κ2) is 9.84. The number of anilines is 2. The summed E-state index contributed by atoms with van der Waals surface area (Å²) in [4.78, 5) is 19.9. The van der Waals surface area contributed by atoms with E-state index in [1.54, 1.807) is 0 Å². The van der Waals surface area contributed by atoms with E-state index in [1.165, 1.54) is 5.56 Å². The summed E-state index contributed by atoms with van der Waals surface area (Å²) in [7, 11) is 0. The van der Waals surface area contributed by atoms with Gasteiger partial charge in [0.05, 0.1) is 30.0 Å². The molecule has 1 atom stereocenters. The Hall–Kier alpha value is -3.70. The standard InChI is InChI=1S/C28H27N3O2/c32-28(25-10-4-5-11-27(25)30-24-8-2-1-3-9-24)31-15-16-33-20-22(19-31)17-21-12-13-26-23(18-21)7-6-14-29-26/h1-14,18,22,30H,15-17,19-20H2. The predicted octanol–water partition coefficient (Wildman–Crippen LogP) is 5.31. The minimum Gasteiger partial charge on any atom is -0.379 e. The van der Waals surface area contributed by atoms with Crippen molar-refractivity contribution in [2.75, 3.05) is 31.6 Å². The number of aromatic nitrogens is 1. The summed E-state index contributed by atoms with van der Waals surface area (Å²) in [5.41, 5.74) is 4.69. The molecule has 0 radical (unpaired) electrons. The summed E-state index contributed by atoms with van der Waals surface area (Å²) >= 11 is 0. The minimum atomic E-state index is 0.0345. The van der Waals surface area contributed by atoms with E-state index in [0.29, 0.717) is 31.9 Å². The summed E-state index contributed by atoms with van der Waals surface area (Å²) in [6.45, 7) is 2.47. The molecule has 0 bridgehead atoms. The lowest BCUT2D eigenvalue weighted by atomic mass is 9.98. The van der Waals surface area contributed by atoms with Gasteiger partial charge in [-0.2, -0.15) is 0 Å². The Morgan fingerprint density at radius 1 is 1.00 bits per heavy atom. The largest absolute Gasteiger partial charge is 0.379 e. The van der Waals surface area contributed by atoms with Gasteiger partial charge in [-0.25, -0.2) is 0 Å². The van der Waals surface area contributed by atoms with Crippen LogP contribution in [0.2, 0.25) is 0 Å². The van der Waals surface area contributed by atoms with Gasteiger partial charge in [0.25, 0.3) is 5.91 Å². The van der Waals surface area contributed by atoms with Crippen LogP contribution in [0.5, 0.6) is 0 Å². The van der Waals surface area contributed by atoms with Crippen molar-refractivity contribution in [3.05, 3.63) is 102 Å². The molecular weight excluding hydrogens is 410 g/mol. The van der Waals surface area contributed by atoms with Crippen LogP contribution < -0.4 is 5.32 Å². The van der Waals surface area contributed by atoms with Gasteiger partial charge in [0.15, 0.2) is 0 Å². The number of hydrogen-bond donors (Lipinski definition) is 1. The molecule has 0 saturated carbocycles. The number of amides is 1. The molecular formula is C28H27N3O2. The molecule has 1 N–H and O–H groups in total. The molecule has 1 fully saturated rings. The highest BCUT2D eigenvalue weighted by atomic mass is 16.5. The number of carbonyl (C=O) groups excluding carboxylic acids is 1. The van der Waals surface area contributed by atoms with E-state index in [-0.39, 0.29) is 11.8 Å². The number of carbonyl (C=O) groups is 1. The summed E-state index contributed by atoms with van der Waals surface area (Å²) in [6, 6.07) is 28.1. The quantitative estimate of drug-likeness (QED) is 0.460. The maximum Gasteiger partial charge on any atom is 0.256 e. The van der Waals surface area contributed by atoms with Crippen molar-refractivity contribution in [2.24, 2.45) is 5.92 Å². The van der Waals surface area contributed by atoms with E-state index in [9.17, 15) is 4.79 Å². The molecule has 1 aliphatic heterocycles. The number of nitrogens with one attached hydrogen (secondary N) is 1. The highest BCUT2D eigenvalue weighted by Gasteiger charge is 2.25. The van der Waals surface area contributed by atoms with Crippen LogP contribution in [0, 0.1) is 5.92 Å². The molecule has 5 heteroatoms. The van der Waals surface area contributed by atoms with Crippen LogP contribution >= 0.6 is 0 Å². The van der Waals surface area contributed by atoms with Gasteiger partial charge in [-0.3, -0.25) is 9.78 Å². The fourth-order valence-corrected chi connectivity index (χ4v) is 4.40. The number of nitrogens with zero attached hydrogens (tertiary/aromatic N) is 2. The van der Waals surface area contributed by atoms with E-state index in [4.69, 9.17) is 4.74 Å². The predicted molar refractivity (Wildman–Crippen MR) is 132 cm³/mol. The van der Waals surface area contributed by atoms with Crippen LogP contribution in [0.15, 0.2) is 91.1 Å². The van der Waals surface area contributed by atoms with Crippen molar-refractivity contribution < 1.29 is 9.53 Å². The number of rotatable bonds is 5. The molecule has 5 nitrogen and oxygen atoms in total. The van der Waals surface area contributed by atoms with Crippen LogP contribution in [0.4, 0.5) is 11.4 Å². The van der Waals surface area contributed by atoms with E-state index >= 15 is 0 Å². The monoisotopic (exact) mass is 437 g/mol. The van der Waals surface area contributed by atoms with E-state index < -0.39 is 0 Å². The van der Waals surface area contributed by atoms with E-state index in [2.05, 4.69) is 34.6 Å². The van der Waals surface area contributed by atoms with E-state index in [0.717, 1.165) is 28.7 Å². The molecule has 1 amide bonds. The zero-order valence-electron chi connectivity index (χ0n) is 18.5. The maximum absolute atomic E-state index is 13.6. The first-order chi connectivity index (χ1) is 16.3. The first-order valence-electron chi connectivity index (χ1n) is 11.4. The Bertz CT molecular complexity index is 1240. The Labute approximate surface area is 194 Å². The third kappa shape index (κ3) is 5.04. The zero-order chi connectivity index (χ0) is 22.5. The second-order valence-corrected chi connectivity index (χ2v) is 8.46. The summed E-state index contributed by atoms with van der Waals surface area (Å²) in [5, 5.41) is 4.53. The Morgan fingerprint density at radius 2 is 1.85 bits per heavy atom. The van der Waals surface area contributed by atoms with Crippen molar-refractivity contribution in [1.82, 2.24) is 9.88 Å². The molecule has 166 valence electrons. The fourth-order valence-electron chi connectivity index (χ4n) is 4.40. The number of hydrogen-bond acceptors (Lipinski definition) is 4. The highest BCUT2D eigenvalue weighted by Crippen LogP contribution is 2.24. The average Bonchev–Trinajstić information content (AvgIpc) is 3.10. The Morgan fingerprint density at radius 3 is 2.76 bits per heavy atom. The van der Waals surface area contributed by atoms with Crippen molar-refractivity contribution in [3.8, 4) is 0 Å². The lowest BCUT2D eigenvalue weighted by molar-refractivity contribution is 0.0738. The number of fused-ring (bicyclic) bond motifs is 1. The maximum atomic E-state index is 13.6. The molecule has 1 unspecified atom stereocenters. The molecule has 4 aromatic rings. The summed E-state index contributed by atoms with van der Waals surface area (Å²) in [6.07, 6.45) is 2.67. The first kappa shape index (κ1) is 21.2. The van der Waals surface area contributed by atoms with Gasteiger partial charge in [-0.05, 0) is 54.4 Å². The summed E-state index contributed by atoms with van der Waals surface area (Å²) < 4.78 is 5.89. The van der Waals surface area contributed by atoms with Gasteiger partial charge in [0.1, 0.15) is 0 Å². The normalized spacial score (nSPS) is 16.4. The number of para-hydroxylation sites is 2. The third-order valence-electron chi connectivity index (χ3n) is 6.03. The molecule has 5 rings (SSSR count). The molecule has 1 aliphatic rings. The molecule has 0 spiro atoms. The van der Waals surface area contributed by atoms with Crippen LogP contribution in [0.25, 0.3) is 10.9 Å². The highest BCUT2D eigenvalue weighted by molar-refractivity contribution is 6.00. The number of benzene rings is 3. The van der Waals surface area contributed by atoms with Gasteiger partial charge in [-0.15, -0.1) is 0 Å². The molecule has 1 saturated heterocycles. The van der Waals surface area contributed by atoms with Crippen molar-refractivity contribution in [3.63, 3.8) is 0 Å². The topological polar surface area (TPSA) is 54.5 Å². The van der Waals surface area contributed by atoms with Gasteiger partial charge in [0.2, 0.25) is 0 Å². The zero-order valence-corrected chi connectivity index (χ0v) is 18.5. The lowest BCUT2D eigenvalue weighted by Gasteiger charge is -2.25. The molecule has 33 heavy (non-hydrogen) atoms. The Kier molecular flexibility index (Phi) is 6.31. The number of ether oxygens (including phenoxy) is 1. The smallest absolute Gasteiger partial charge is 0.256 e. The molecule has 0 aliphatic carbocycles. The second-order valence-electron chi connectivity index (χ2n) is 8.46. The third-order valence-corrected chi connectivity index (χ3v) is 6.03. The van der Waals surface area contributed by atoms with Gasteiger partial charge in [-0.1, -0.05) is 42.5 Å². The van der Waals surface area contributed by atoms with Gasteiger partial charge < -0.3 is 15.0 Å². The number of pyridine rings is 1. The van der Waals surface area contributed by atoms with Crippen molar-refractivity contribution in [2.45, 2.75) is 6.42 Å². The van der Waals surface area contributed by atoms with Gasteiger partial charge >= 0.3 is 0 Å². The first-order valence-corrected chi connectivity index (χ1v) is 11.4. The van der Waals surface area contributed by atoms with Crippen molar-refractivity contribution >= 4 is 28.2 Å². The minimum absolute atomic E-state index is 0.0345. The van der Waals surface area contributed by atoms with Gasteiger partial charge in [0, 0.05) is 36.3 Å². The average molecular weight is 438 g/mol. The Balaban J connectivity index is 1.33. The lowest BCUT2D eigenvalue weighted by Crippen LogP contribution is -2.36. The van der Waals surface area contributed by atoms with Crippen LogP contribution in [0.3, 0.4) is 0 Å². The molecule has 2 heterocycles. The van der Waals surface area contributed by atoms with E-state index in [1.807, 2.05) is 71.8 Å². The summed E-state index contributed by atoms with van der Waals surface area (Å²) in [5.74, 6) is 0.270. The molecule has 3 aromatic carbocycles. The fraction of sp³-hybridized carbons (Fsp3) is 0.214. The SMILES string of the molecule is O=C(c1ccccc1Nc1ccccc1)N1CCOCC(Cc2ccc3ncccc3c2)C1. The van der Waals surface area contributed by atoms with Crippen molar-refractivity contribution in [1.29, 1.82) is 0 Å². The van der Waals surface area contributed by atoms with Crippen LogP contribution in [-0.4, -0.2) is 42.1 Å².